The number of rotatable bonds is 5. The minimum Gasteiger partial charge on any atom is -0.507 e. The lowest BCUT2D eigenvalue weighted by molar-refractivity contribution is -0.384. The molecule has 0 bridgehead atoms. The van der Waals surface area contributed by atoms with Crippen LogP contribution in [0.25, 0.3) is 16.0 Å². The monoisotopic (exact) mass is 501 g/mol. The Morgan fingerprint density at radius 1 is 1.11 bits per heavy atom. The summed E-state index contributed by atoms with van der Waals surface area (Å²) in [5, 5.41) is 23.0. The number of ketones is 1. The van der Waals surface area contributed by atoms with Gasteiger partial charge in [-0.25, -0.2) is 4.98 Å². The van der Waals surface area contributed by atoms with Crippen LogP contribution in [0.3, 0.4) is 0 Å². The number of hydrogen-bond acceptors (Lipinski definition) is 8. The average Bonchev–Trinajstić information content (AvgIpc) is 3.41. The van der Waals surface area contributed by atoms with Crippen LogP contribution < -0.4 is 9.64 Å². The predicted octanol–water partition coefficient (Wildman–Crippen LogP) is 5.15. The fourth-order valence-corrected chi connectivity index (χ4v) is 5.29. The summed E-state index contributed by atoms with van der Waals surface area (Å²) in [7, 11) is 1.47. The standard InChI is InChI=1S/C26H19N3O6S/c1-14-9-10-19-20(11-14)36-26(27-19)28-22(15-5-3-7-17(12-15)29(33)34)21(24(31)25(28)32)23(30)16-6-4-8-18(13-16)35-2/h3-13,22,30H,1-2H3/b23-21+/t22-/m1/s1. The molecule has 1 amide bonds. The quantitative estimate of drug-likeness (QED) is 0.132. The zero-order valence-corrected chi connectivity index (χ0v) is 20.0. The molecule has 1 N–H and O–H groups in total. The fraction of sp³-hybridized carbons (Fsp3) is 0.115. The SMILES string of the molecule is COc1cccc(/C(O)=C2\C(=O)C(=O)N(c3nc4ccc(C)cc4s3)[C@@H]2c2cccc([N+](=O)[O-])c2)c1. The molecule has 2 heterocycles. The Balaban J connectivity index is 1.75. The van der Waals surface area contributed by atoms with Crippen LogP contribution in [0.1, 0.15) is 22.7 Å². The van der Waals surface area contributed by atoms with Gasteiger partial charge in [0.2, 0.25) is 0 Å². The second-order valence-corrected chi connectivity index (χ2v) is 9.23. The van der Waals surface area contributed by atoms with Crippen molar-refractivity contribution in [3.8, 4) is 5.75 Å². The number of amides is 1. The van der Waals surface area contributed by atoms with Crippen molar-refractivity contribution in [3.05, 3.63) is 99.1 Å². The first kappa shape index (κ1) is 23.2. The Bertz CT molecular complexity index is 1590. The van der Waals surface area contributed by atoms with E-state index in [9.17, 15) is 24.8 Å². The van der Waals surface area contributed by atoms with Crippen molar-refractivity contribution < 1.29 is 24.4 Å². The molecule has 1 aliphatic heterocycles. The minimum absolute atomic E-state index is 0.191. The maximum Gasteiger partial charge on any atom is 0.301 e. The van der Waals surface area contributed by atoms with Gasteiger partial charge in [0.05, 0.1) is 33.9 Å². The molecule has 1 aliphatic rings. The fourth-order valence-electron chi connectivity index (χ4n) is 4.20. The molecule has 1 atom stereocenters. The number of nitro benzene ring substituents is 1. The van der Waals surface area contributed by atoms with E-state index in [0.717, 1.165) is 10.3 Å². The number of aromatic nitrogens is 1. The second-order valence-electron chi connectivity index (χ2n) is 8.22. The lowest BCUT2D eigenvalue weighted by Crippen LogP contribution is -2.29. The van der Waals surface area contributed by atoms with Gasteiger partial charge in [-0.2, -0.15) is 0 Å². The van der Waals surface area contributed by atoms with Crippen molar-refractivity contribution in [1.82, 2.24) is 4.98 Å². The van der Waals surface area contributed by atoms with Crippen molar-refractivity contribution in [3.63, 3.8) is 0 Å². The van der Waals surface area contributed by atoms with Crippen molar-refractivity contribution in [2.45, 2.75) is 13.0 Å². The molecule has 3 aromatic carbocycles. The maximum atomic E-state index is 13.4. The van der Waals surface area contributed by atoms with Crippen LogP contribution in [0.15, 0.2) is 72.3 Å². The number of fused-ring (bicyclic) bond motifs is 1. The van der Waals surface area contributed by atoms with Gasteiger partial charge in [0.1, 0.15) is 11.5 Å². The van der Waals surface area contributed by atoms with E-state index < -0.39 is 28.4 Å². The van der Waals surface area contributed by atoms with Gasteiger partial charge in [-0.1, -0.05) is 41.7 Å². The molecule has 1 fully saturated rings. The Kier molecular flexibility index (Phi) is 5.73. The second kappa shape index (κ2) is 8.90. The average molecular weight is 502 g/mol. The number of anilines is 1. The van der Waals surface area contributed by atoms with Crippen molar-refractivity contribution >= 4 is 49.8 Å². The van der Waals surface area contributed by atoms with Crippen LogP contribution in [0.4, 0.5) is 10.8 Å². The Labute approximate surface area is 209 Å². The van der Waals surface area contributed by atoms with Gasteiger partial charge in [-0.15, -0.1) is 0 Å². The lowest BCUT2D eigenvalue weighted by atomic mass is 9.95. The van der Waals surface area contributed by atoms with Gasteiger partial charge in [0, 0.05) is 17.7 Å². The molecule has 10 heteroatoms. The number of ether oxygens (including phenoxy) is 1. The van der Waals surface area contributed by atoms with Crippen molar-refractivity contribution in [1.29, 1.82) is 0 Å². The molecule has 180 valence electrons. The maximum absolute atomic E-state index is 13.4. The summed E-state index contributed by atoms with van der Waals surface area (Å²) < 4.78 is 6.04. The van der Waals surface area contributed by atoms with E-state index in [2.05, 4.69) is 4.98 Å². The topological polar surface area (TPSA) is 123 Å². The first-order valence-electron chi connectivity index (χ1n) is 10.9. The largest absolute Gasteiger partial charge is 0.507 e. The van der Waals surface area contributed by atoms with Gasteiger partial charge < -0.3 is 9.84 Å². The number of aliphatic hydroxyl groups excluding tert-OH is 1. The van der Waals surface area contributed by atoms with Crippen LogP contribution in [0.2, 0.25) is 0 Å². The first-order chi connectivity index (χ1) is 17.3. The van der Waals surface area contributed by atoms with E-state index >= 15 is 0 Å². The van der Waals surface area contributed by atoms with Crippen molar-refractivity contribution in [2.24, 2.45) is 0 Å². The number of carbonyl (C=O) groups is 2. The highest BCUT2D eigenvalue weighted by Crippen LogP contribution is 2.45. The molecule has 0 saturated carbocycles. The smallest absolute Gasteiger partial charge is 0.301 e. The Morgan fingerprint density at radius 3 is 2.64 bits per heavy atom. The van der Waals surface area contributed by atoms with E-state index in [1.165, 1.54) is 47.6 Å². The molecule has 1 aromatic heterocycles. The van der Waals surface area contributed by atoms with Crippen LogP contribution in [0, 0.1) is 17.0 Å². The number of aryl methyl sites for hydroxylation is 1. The summed E-state index contributed by atoms with van der Waals surface area (Å²) >= 11 is 1.22. The molecule has 36 heavy (non-hydrogen) atoms. The normalized spacial score (nSPS) is 17.1. The van der Waals surface area contributed by atoms with Crippen molar-refractivity contribution in [2.75, 3.05) is 12.0 Å². The summed E-state index contributed by atoms with van der Waals surface area (Å²) in [6, 6.07) is 16.6. The molecule has 9 nitrogen and oxygen atoms in total. The molecule has 5 rings (SSSR count). The molecule has 1 saturated heterocycles. The highest BCUT2D eigenvalue weighted by Gasteiger charge is 2.48. The minimum atomic E-state index is -1.13. The van der Waals surface area contributed by atoms with Gasteiger partial charge in [-0.3, -0.25) is 24.6 Å². The molecule has 0 unspecified atom stereocenters. The number of Topliss-reactive ketones (excluding diaryl/α,β-unsaturated/α-hetero) is 1. The number of non-ortho nitro benzene ring substituents is 1. The van der Waals surface area contributed by atoms with Crippen LogP contribution in [-0.2, 0) is 9.59 Å². The summed E-state index contributed by atoms with van der Waals surface area (Å²) in [5.74, 6) is -1.76. The van der Waals surface area contributed by atoms with E-state index in [0.29, 0.717) is 16.8 Å². The molecule has 0 spiro atoms. The van der Waals surface area contributed by atoms with Crippen LogP contribution in [0.5, 0.6) is 5.75 Å². The third-order valence-corrected chi connectivity index (χ3v) is 6.94. The van der Waals surface area contributed by atoms with Gasteiger partial charge in [0.15, 0.2) is 5.13 Å². The van der Waals surface area contributed by atoms with Gasteiger partial charge in [-0.05, 0) is 42.3 Å². The molecular weight excluding hydrogens is 482 g/mol. The highest BCUT2D eigenvalue weighted by molar-refractivity contribution is 7.22. The molecule has 4 aromatic rings. The first-order valence-corrected chi connectivity index (χ1v) is 11.7. The third-order valence-electron chi connectivity index (χ3n) is 5.92. The summed E-state index contributed by atoms with van der Waals surface area (Å²) in [6.07, 6.45) is 0. The third kappa shape index (κ3) is 3.87. The van der Waals surface area contributed by atoms with Gasteiger partial charge in [0.25, 0.3) is 11.5 Å². The number of nitro groups is 1. The van der Waals surface area contributed by atoms with Crippen LogP contribution in [-0.4, -0.2) is 33.8 Å². The summed E-state index contributed by atoms with van der Waals surface area (Å²) in [5.41, 5.74) is 1.82. The van der Waals surface area contributed by atoms with Crippen LogP contribution >= 0.6 is 11.3 Å². The molecule has 0 radical (unpaired) electrons. The Morgan fingerprint density at radius 2 is 1.89 bits per heavy atom. The predicted molar refractivity (Wildman–Crippen MR) is 135 cm³/mol. The number of thiazole rings is 1. The molecular formula is C26H19N3O6S. The van der Waals surface area contributed by atoms with E-state index in [4.69, 9.17) is 4.74 Å². The number of nitrogens with zero attached hydrogens (tertiary/aromatic N) is 3. The lowest BCUT2D eigenvalue weighted by Gasteiger charge is -2.22. The van der Waals surface area contributed by atoms with E-state index in [1.807, 2.05) is 25.1 Å². The zero-order chi connectivity index (χ0) is 25.6. The Hall–Kier alpha value is -4.57. The molecule has 0 aliphatic carbocycles. The number of methoxy groups -OCH3 is 1. The van der Waals surface area contributed by atoms with Gasteiger partial charge >= 0.3 is 5.91 Å². The van der Waals surface area contributed by atoms with E-state index in [-0.39, 0.29) is 22.0 Å². The zero-order valence-electron chi connectivity index (χ0n) is 19.2. The highest BCUT2D eigenvalue weighted by atomic mass is 32.1. The summed E-state index contributed by atoms with van der Waals surface area (Å²) in [6.45, 7) is 1.93. The van der Waals surface area contributed by atoms with E-state index in [1.54, 1.807) is 24.3 Å². The number of carbonyl (C=O) groups excluding carboxylic acids is 2. The number of hydrogen-bond donors (Lipinski definition) is 1. The number of aliphatic hydroxyl groups is 1. The number of benzene rings is 3. The summed E-state index contributed by atoms with van der Waals surface area (Å²) in [4.78, 5) is 43.4.